The molecule has 3 heterocycles. The van der Waals surface area contributed by atoms with Crippen LogP contribution in [-0.2, 0) is 29.9 Å². The summed E-state index contributed by atoms with van der Waals surface area (Å²) in [5.74, 6) is -0.705. The van der Waals surface area contributed by atoms with Gasteiger partial charge in [-0.15, -0.1) is 5.10 Å². The minimum atomic E-state index is -1.77. The number of nitrogens with zero attached hydrogens (tertiary/aromatic N) is 5. The molecule has 2 aromatic heterocycles. The molecule has 42 heavy (non-hydrogen) atoms. The molecule has 2 atom stereocenters. The Morgan fingerprint density at radius 2 is 1.98 bits per heavy atom. The summed E-state index contributed by atoms with van der Waals surface area (Å²) in [6.45, 7) is 2.63. The molecular formula is C31H32BrN5O5. The number of anilines is 1. The molecule has 218 valence electrons. The third-order valence-electron chi connectivity index (χ3n) is 7.46. The number of aliphatic hydroxyl groups is 2. The van der Waals surface area contributed by atoms with E-state index in [9.17, 15) is 14.7 Å². The molecule has 1 amide bonds. The van der Waals surface area contributed by atoms with Gasteiger partial charge in [-0.05, 0) is 54.4 Å². The normalized spacial score (nSPS) is 17.2. The number of carbonyl (C=O) groups is 1. The fourth-order valence-electron chi connectivity index (χ4n) is 5.22. The predicted molar refractivity (Wildman–Crippen MR) is 162 cm³/mol. The zero-order valence-corrected chi connectivity index (χ0v) is 24.9. The van der Waals surface area contributed by atoms with Crippen LogP contribution in [0.1, 0.15) is 30.2 Å². The van der Waals surface area contributed by atoms with Crippen molar-refractivity contribution < 1.29 is 19.7 Å². The number of halogens is 1. The number of fused-ring (bicyclic) bond motifs is 1. The number of amides is 1. The van der Waals surface area contributed by atoms with Crippen LogP contribution in [0.5, 0.6) is 5.75 Å². The first kappa shape index (κ1) is 29.4. The molecule has 0 fully saturated rings. The minimum Gasteiger partial charge on any atom is -0.491 e. The lowest BCUT2D eigenvalue weighted by molar-refractivity contribution is -0.139. The van der Waals surface area contributed by atoms with Crippen LogP contribution in [0.3, 0.4) is 0 Å². The third-order valence-corrected chi connectivity index (χ3v) is 7.95. The topological polar surface area (TPSA) is 123 Å². The lowest BCUT2D eigenvalue weighted by atomic mass is 9.83. The van der Waals surface area contributed by atoms with Crippen molar-refractivity contribution in [2.45, 2.75) is 38.5 Å². The molecule has 10 nitrogen and oxygen atoms in total. The number of hydrogen-bond donors (Lipinski definition) is 2. The number of benzene rings is 2. The smallest absolute Gasteiger partial charge is 0.297 e. The number of ether oxygens (including phenoxy) is 1. The summed E-state index contributed by atoms with van der Waals surface area (Å²) in [4.78, 5) is 28.4. The van der Waals surface area contributed by atoms with E-state index in [1.54, 1.807) is 40.2 Å². The van der Waals surface area contributed by atoms with Crippen LogP contribution < -0.4 is 15.2 Å². The average molecular weight is 635 g/mol. The number of aliphatic hydroxyl groups excluding tert-OH is 1. The zero-order valence-electron chi connectivity index (χ0n) is 23.4. The monoisotopic (exact) mass is 633 g/mol. The maximum atomic E-state index is 14.0. The minimum absolute atomic E-state index is 0.0189. The maximum Gasteiger partial charge on any atom is 0.297 e. The van der Waals surface area contributed by atoms with Gasteiger partial charge in [0.05, 0.1) is 25.0 Å². The maximum absolute atomic E-state index is 14.0. The molecular weight excluding hydrogens is 602 g/mol. The van der Waals surface area contributed by atoms with Crippen LogP contribution in [0.4, 0.5) is 5.69 Å². The van der Waals surface area contributed by atoms with Crippen molar-refractivity contribution in [2.24, 2.45) is 5.92 Å². The van der Waals surface area contributed by atoms with Gasteiger partial charge in [0, 0.05) is 53.6 Å². The average Bonchev–Trinajstić information content (AvgIpc) is 3.52. The number of rotatable bonds is 11. The molecule has 2 N–H and O–H groups in total. The molecule has 0 spiro atoms. The number of allylic oxidation sites excluding steroid dienone is 1. The third kappa shape index (κ3) is 5.67. The SMILES string of the molecule is COc1cccn(-c2cccc(CN3C(=O)[C@@](O)([C@@H](C)/C=C/CCn4cc(CCO)nn4)c4cc(Br)ccc43)c2)c1=O. The largest absolute Gasteiger partial charge is 0.491 e. The molecule has 0 bridgehead atoms. The number of aromatic nitrogens is 4. The van der Waals surface area contributed by atoms with Crippen molar-refractivity contribution in [2.75, 3.05) is 18.6 Å². The Hall–Kier alpha value is -4.06. The molecule has 0 saturated carbocycles. The highest BCUT2D eigenvalue weighted by Crippen LogP contribution is 2.46. The number of carbonyl (C=O) groups excluding carboxylic acids is 1. The molecule has 1 aliphatic rings. The van der Waals surface area contributed by atoms with Gasteiger partial charge in [0.25, 0.3) is 11.5 Å². The van der Waals surface area contributed by atoms with E-state index in [1.807, 2.05) is 55.5 Å². The van der Waals surface area contributed by atoms with Crippen molar-refractivity contribution in [3.05, 3.63) is 111 Å². The Kier molecular flexibility index (Phi) is 8.72. The van der Waals surface area contributed by atoms with Crippen LogP contribution in [0.25, 0.3) is 5.69 Å². The second kappa shape index (κ2) is 12.4. The Labute approximate surface area is 251 Å². The molecule has 2 aromatic carbocycles. The van der Waals surface area contributed by atoms with E-state index in [4.69, 9.17) is 9.84 Å². The fourth-order valence-corrected chi connectivity index (χ4v) is 5.58. The Balaban J connectivity index is 1.38. The van der Waals surface area contributed by atoms with E-state index >= 15 is 0 Å². The first-order valence-electron chi connectivity index (χ1n) is 13.6. The van der Waals surface area contributed by atoms with E-state index < -0.39 is 17.4 Å². The molecule has 11 heteroatoms. The lowest BCUT2D eigenvalue weighted by Gasteiger charge is -2.28. The van der Waals surface area contributed by atoms with Crippen LogP contribution in [0.2, 0.25) is 0 Å². The summed E-state index contributed by atoms with van der Waals surface area (Å²) in [6.07, 6.45) is 8.33. The van der Waals surface area contributed by atoms with E-state index in [-0.39, 0.29) is 24.5 Å². The lowest BCUT2D eigenvalue weighted by Crippen LogP contribution is -2.44. The summed E-state index contributed by atoms with van der Waals surface area (Å²) in [7, 11) is 1.45. The number of hydrogen-bond acceptors (Lipinski definition) is 7. The summed E-state index contributed by atoms with van der Waals surface area (Å²) < 4.78 is 9.14. The zero-order chi connectivity index (χ0) is 29.9. The molecule has 0 aliphatic carbocycles. The number of pyridine rings is 1. The van der Waals surface area contributed by atoms with Gasteiger partial charge in [-0.3, -0.25) is 18.8 Å². The van der Waals surface area contributed by atoms with Gasteiger partial charge < -0.3 is 19.8 Å². The van der Waals surface area contributed by atoms with Gasteiger partial charge in [0.15, 0.2) is 11.4 Å². The van der Waals surface area contributed by atoms with Crippen LogP contribution in [-0.4, -0.2) is 49.4 Å². The summed E-state index contributed by atoms with van der Waals surface area (Å²) in [6, 6.07) is 16.2. The van der Waals surface area contributed by atoms with E-state index in [0.717, 1.165) is 15.7 Å². The second-order valence-electron chi connectivity index (χ2n) is 10.2. The van der Waals surface area contributed by atoms with Crippen LogP contribution in [0, 0.1) is 5.92 Å². The Bertz CT molecular complexity index is 1680. The number of aryl methyl sites for hydroxylation is 1. The van der Waals surface area contributed by atoms with Gasteiger partial charge in [0.2, 0.25) is 0 Å². The van der Waals surface area contributed by atoms with Gasteiger partial charge in [-0.2, -0.15) is 0 Å². The highest BCUT2D eigenvalue weighted by molar-refractivity contribution is 9.10. The Morgan fingerprint density at radius 3 is 2.76 bits per heavy atom. The van der Waals surface area contributed by atoms with E-state index in [0.29, 0.717) is 36.3 Å². The predicted octanol–water partition coefficient (Wildman–Crippen LogP) is 3.75. The van der Waals surface area contributed by atoms with Crippen molar-refractivity contribution in [3.8, 4) is 11.4 Å². The van der Waals surface area contributed by atoms with E-state index in [1.165, 1.54) is 11.7 Å². The molecule has 0 radical (unpaired) electrons. The van der Waals surface area contributed by atoms with Crippen molar-refractivity contribution in [3.63, 3.8) is 0 Å². The quantitative estimate of drug-likeness (QED) is 0.241. The summed E-state index contributed by atoms with van der Waals surface area (Å²) in [5, 5.41) is 29.1. The van der Waals surface area contributed by atoms with Crippen molar-refractivity contribution in [1.29, 1.82) is 0 Å². The second-order valence-corrected chi connectivity index (χ2v) is 11.1. The van der Waals surface area contributed by atoms with Crippen LogP contribution in [0.15, 0.2) is 88.4 Å². The molecule has 5 rings (SSSR count). The van der Waals surface area contributed by atoms with Gasteiger partial charge >= 0.3 is 0 Å². The summed E-state index contributed by atoms with van der Waals surface area (Å²) in [5.41, 5.74) is 1.28. The highest BCUT2D eigenvalue weighted by Gasteiger charge is 2.52. The van der Waals surface area contributed by atoms with Crippen molar-refractivity contribution >= 4 is 27.5 Å². The first-order chi connectivity index (χ1) is 20.3. The van der Waals surface area contributed by atoms with Crippen molar-refractivity contribution in [1.82, 2.24) is 19.6 Å². The summed E-state index contributed by atoms with van der Waals surface area (Å²) >= 11 is 3.50. The van der Waals surface area contributed by atoms with Gasteiger partial charge in [-0.25, -0.2) is 0 Å². The molecule has 1 aliphatic heterocycles. The standard InChI is InChI=1S/C31H32BrN5O5/c1-21(7-3-4-14-35-20-24(13-16-38)33-34-35)31(41)26-18-23(32)11-12-27(26)37(30(31)40)19-22-8-5-9-25(17-22)36-15-6-10-28(42-2)29(36)39/h3,5-12,15,17-18,20-21,38,41H,4,13-14,16,19H2,1-2H3/b7-3+/t21-,31+/m0/s1. The molecule has 0 saturated heterocycles. The van der Waals surface area contributed by atoms with Gasteiger partial charge in [0.1, 0.15) is 0 Å². The fraction of sp³-hybridized carbons (Fsp3) is 0.290. The van der Waals surface area contributed by atoms with Gasteiger partial charge in [-0.1, -0.05) is 52.4 Å². The van der Waals surface area contributed by atoms with Crippen LogP contribution >= 0.6 is 15.9 Å². The first-order valence-corrected chi connectivity index (χ1v) is 14.4. The highest BCUT2D eigenvalue weighted by atomic mass is 79.9. The Morgan fingerprint density at radius 1 is 1.14 bits per heavy atom. The molecule has 4 aromatic rings. The number of methoxy groups -OCH3 is 1. The van der Waals surface area contributed by atoms with E-state index in [2.05, 4.69) is 26.2 Å². The molecule has 0 unspecified atom stereocenters.